The number of aromatic nitrogens is 2. The molecule has 0 unspecified atom stereocenters. The van der Waals surface area contributed by atoms with Gasteiger partial charge < -0.3 is 5.32 Å². The minimum atomic E-state index is 1.07. The molecule has 1 fully saturated rings. The fraction of sp³-hybridized carbons (Fsp3) is 0.400. The summed E-state index contributed by atoms with van der Waals surface area (Å²) in [4.78, 5) is 2.45. The van der Waals surface area contributed by atoms with Crippen molar-refractivity contribution >= 4 is 5.82 Å². The van der Waals surface area contributed by atoms with Crippen molar-refractivity contribution < 1.29 is 4.68 Å². The maximum atomic E-state index is 3.40. The lowest BCUT2D eigenvalue weighted by Gasteiger charge is -2.21. The molecule has 0 spiro atoms. The molecule has 0 aliphatic carbocycles. The van der Waals surface area contributed by atoms with Crippen molar-refractivity contribution in [2.45, 2.75) is 0 Å². The average Bonchev–Trinajstić information content (AvgIpc) is 2.77. The molecule has 1 N–H and O–H groups in total. The van der Waals surface area contributed by atoms with Crippen LogP contribution in [0.15, 0.2) is 36.4 Å². The van der Waals surface area contributed by atoms with Crippen LogP contribution in [0.5, 0.6) is 0 Å². The van der Waals surface area contributed by atoms with Crippen molar-refractivity contribution in [2.75, 3.05) is 31.1 Å². The van der Waals surface area contributed by atoms with Gasteiger partial charge in [-0.15, -0.1) is 0 Å². The van der Waals surface area contributed by atoms with E-state index in [0.717, 1.165) is 26.2 Å². The molecule has 0 saturated carbocycles. The normalized spacial score (nSPS) is 15.8. The molecular weight excluding hydrogens is 236 g/mol. The second kappa shape index (κ2) is 5.05. The van der Waals surface area contributed by atoms with Crippen LogP contribution in [-0.2, 0) is 14.1 Å². The third-order valence-electron chi connectivity index (χ3n) is 3.91. The summed E-state index contributed by atoms with van der Waals surface area (Å²) < 4.78 is 4.44. The molecule has 100 valence electrons. The highest BCUT2D eigenvalue weighted by Crippen LogP contribution is 2.22. The zero-order valence-corrected chi connectivity index (χ0v) is 11.6. The average molecular weight is 257 g/mol. The van der Waals surface area contributed by atoms with Gasteiger partial charge in [0.2, 0.25) is 0 Å². The summed E-state index contributed by atoms with van der Waals surface area (Å²) in [6.45, 7) is 4.28. The molecular formula is C15H21N4+. The van der Waals surface area contributed by atoms with Gasteiger partial charge in [-0.3, -0.25) is 4.90 Å². The molecule has 2 aromatic rings. The molecule has 0 atom stereocenters. The molecule has 1 aromatic heterocycles. The number of piperazine rings is 1. The van der Waals surface area contributed by atoms with Gasteiger partial charge in [0, 0.05) is 25.7 Å². The summed E-state index contributed by atoms with van der Waals surface area (Å²) in [6.07, 6.45) is 0. The fourth-order valence-electron chi connectivity index (χ4n) is 2.69. The molecule has 0 bridgehead atoms. The first-order chi connectivity index (χ1) is 9.27. The van der Waals surface area contributed by atoms with Crippen molar-refractivity contribution in [3.8, 4) is 11.3 Å². The van der Waals surface area contributed by atoms with Gasteiger partial charge in [-0.25, -0.2) is 4.68 Å². The SMILES string of the molecule is Cn1c(-c2ccccc2)cc(N2CCNCC2)[n+]1C. The second-order valence-corrected chi connectivity index (χ2v) is 5.04. The Morgan fingerprint density at radius 3 is 2.47 bits per heavy atom. The Balaban J connectivity index is 1.99. The Hall–Kier alpha value is -1.81. The number of anilines is 1. The molecule has 1 aliphatic heterocycles. The maximum Gasteiger partial charge on any atom is 0.297 e. The molecule has 0 radical (unpaired) electrons. The summed E-state index contributed by atoms with van der Waals surface area (Å²) in [5.74, 6) is 1.29. The summed E-state index contributed by atoms with van der Waals surface area (Å²) in [6, 6.07) is 12.9. The Labute approximate surface area is 114 Å². The largest absolute Gasteiger partial charge is 0.309 e. The van der Waals surface area contributed by atoms with Crippen LogP contribution in [0.25, 0.3) is 11.3 Å². The van der Waals surface area contributed by atoms with E-state index in [2.05, 4.69) is 70.1 Å². The topological polar surface area (TPSA) is 24.1 Å². The monoisotopic (exact) mass is 257 g/mol. The summed E-state index contributed by atoms with van der Waals surface area (Å²) >= 11 is 0. The van der Waals surface area contributed by atoms with E-state index in [1.54, 1.807) is 0 Å². The van der Waals surface area contributed by atoms with E-state index in [0.29, 0.717) is 0 Å². The van der Waals surface area contributed by atoms with Crippen LogP contribution in [0.3, 0.4) is 0 Å². The van der Waals surface area contributed by atoms with Crippen LogP contribution in [0.1, 0.15) is 0 Å². The number of hydrogen-bond acceptors (Lipinski definition) is 2. The van der Waals surface area contributed by atoms with Crippen molar-refractivity contribution in [2.24, 2.45) is 14.1 Å². The second-order valence-electron chi connectivity index (χ2n) is 5.04. The van der Waals surface area contributed by atoms with Crippen LogP contribution in [-0.4, -0.2) is 30.9 Å². The Morgan fingerprint density at radius 2 is 1.79 bits per heavy atom. The van der Waals surface area contributed by atoms with Crippen LogP contribution >= 0.6 is 0 Å². The zero-order chi connectivity index (χ0) is 13.2. The highest BCUT2D eigenvalue weighted by atomic mass is 15.4. The van der Waals surface area contributed by atoms with E-state index in [9.17, 15) is 0 Å². The molecule has 4 heteroatoms. The summed E-state index contributed by atoms with van der Waals surface area (Å²) in [5.41, 5.74) is 2.53. The first-order valence-electron chi connectivity index (χ1n) is 6.84. The van der Waals surface area contributed by atoms with Crippen LogP contribution in [0.2, 0.25) is 0 Å². The lowest BCUT2D eigenvalue weighted by molar-refractivity contribution is -0.738. The van der Waals surface area contributed by atoms with Crippen molar-refractivity contribution in [1.29, 1.82) is 0 Å². The van der Waals surface area contributed by atoms with Crippen LogP contribution in [0, 0.1) is 0 Å². The lowest BCUT2D eigenvalue weighted by atomic mass is 10.1. The predicted molar refractivity (Wildman–Crippen MR) is 77.1 cm³/mol. The zero-order valence-electron chi connectivity index (χ0n) is 11.6. The molecule has 3 rings (SSSR count). The van der Waals surface area contributed by atoms with E-state index in [-0.39, 0.29) is 0 Å². The van der Waals surface area contributed by atoms with Crippen molar-refractivity contribution in [3.63, 3.8) is 0 Å². The number of benzene rings is 1. The number of rotatable bonds is 2. The molecule has 1 saturated heterocycles. The molecule has 1 aromatic carbocycles. The third-order valence-corrected chi connectivity index (χ3v) is 3.91. The van der Waals surface area contributed by atoms with E-state index in [4.69, 9.17) is 0 Å². The molecule has 1 aliphatic rings. The smallest absolute Gasteiger partial charge is 0.297 e. The fourth-order valence-corrected chi connectivity index (χ4v) is 2.69. The van der Waals surface area contributed by atoms with Gasteiger partial charge in [0.25, 0.3) is 5.82 Å². The van der Waals surface area contributed by atoms with Crippen molar-refractivity contribution in [1.82, 2.24) is 10.00 Å². The van der Waals surface area contributed by atoms with Crippen molar-refractivity contribution in [3.05, 3.63) is 36.4 Å². The molecule has 4 nitrogen and oxygen atoms in total. The number of nitrogens with zero attached hydrogens (tertiary/aromatic N) is 3. The Kier molecular flexibility index (Phi) is 3.25. The van der Waals surface area contributed by atoms with Gasteiger partial charge in [0.05, 0.1) is 24.8 Å². The number of hydrogen-bond donors (Lipinski definition) is 1. The minimum Gasteiger partial charge on any atom is -0.309 e. The maximum absolute atomic E-state index is 3.40. The van der Waals surface area contributed by atoms with Gasteiger partial charge in [0.1, 0.15) is 7.05 Å². The quantitative estimate of drug-likeness (QED) is 0.809. The van der Waals surface area contributed by atoms with E-state index >= 15 is 0 Å². The van der Waals surface area contributed by atoms with Gasteiger partial charge in [0.15, 0.2) is 0 Å². The number of nitrogens with one attached hydrogen (secondary N) is 1. The first kappa shape index (κ1) is 12.2. The molecule has 0 amide bonds. The Bertz CT molecular complexity index is 553. The molecule has 19 heavy (non-hydrogen) atoms. The highest BCUT2D eigenvalue weighted by molar-refractivity contribution is 5.62. The standard InChI is InChI=1S/C15H21N4/c1-17-14(13-6-4-3-5-7-13)12-15(18(17)2)19-10-8-16-9-11-19/h3-7,12,16H,8-11H2,1-2H3/q+1. The van der Waals surface area contributed by atoms with Gasteiger partial charge in [-0.2, -0.15) is 4.68 Å². The minimum absolute atomic E-state index is 1.07. The van der Waals surface area contributed by atoms with Gasteiger partial charge in [-0.05, 0) is 0 Å². The Morgan fingerprint density at radius 1 is 1.11 bits per heavy atom. The van der Waals surface area contributed by atoms with Crippen LogP contribution < -0.4 is 14.9 Å². The van der Waals surface area contributed by atoms with E-state index < -0.39 is 0 Å². The molecule has 2 heterocycles. The lowest BCUT2D eigenvalue weighted by Crippen LogP contribution is -2.50. The van der Waals surface area contributed by atoms with E-state index in [1.165, 1.54) is 17.1 Å². The summed E-state index contributed by atoms with van der Waals surface area (Å²) in [7, 11) is 4.25. The van der Waals surface area contributed by atoms with Gasteiger partial charge in [-0.1, -0.05) is 30.3 Å². The first-order valence-corrected chi connectivity index (χ1v) is 6.84. The van der Waals surface area contributed by atoms with E-state index in [1.807, 2.05) is 0 Å². The third kappa shape index (κ3) is 2.24. The van der Waals surface area contributed by atoms with Gasteiger partial charge >= 0.3 is 0 Å². The summed E-state index contributed by atoms with van der Waals surface area (Å²) in [5, 5.41) is 3.40. The highest BCUT2D eigenvalue weighted by Gasteiger charge is 2.24. The van der Waals surface area contributed by atoms with Crippen LogP contribution in [0.4, 0.5) is 5.82 Å². The predicted octanol–water partition coefficient (Wildman–Crippen LogP) is 0.926.